The number of halogens is 1. The van der Waals surface area contributed by atoms with Crippen molar-refractivity contribution in [2.45, 2.75) is 6.92 Å². The van der Waals surface area contributed by atoms with E-state index in [2.05, 4.69) is 10.6 Å². The average molecular weight is 362 g/mol. The summed E-state index contributed by atoms with van der Waals surface area (Å²) in [7, 11) is 2.79. The zero-order chi connectivity index (χ0) is 19.1. The zero-order valence-corrected chi connectivity index (χ0v) is 14.6. The van der Waals surface area contributed by atoms with Gasteiger partial charge in [-0.15, -0.1) is 0 Å². The molecule has 8 heteroatoms. The molecule has 0 aliphatic rings. The van der Waals surface area contributed by atoms with E-state index in [1.54, 1.807) is 24.3 Å². The van der Waals surface area contributed by atoms with Gasteiger partial charge in [0.2, 0.25) is 11.7 Å². The van der Waals surface area contributed by atoms with Crippen LogP contribution in [0.25, 0.3) is 0 Å². The number of amides is 2. The molecule has 0 aliphatic carbocycles. The number of nitrogens with one attached hydrogen (secondary N) is 2. The van der Waals surface area contributed by atoms with E-state index in [1.807, 2.05) is 0 Å². The van der Waals surface area contributed by atoms with Crippen molar-refractivity contribution in [3.63, 3.8) is 0 Å². The molecule has 0 heterocycles. The summed E-state index contributed by atoms with van der Waals surface area (Å²) < 4.78 is 29.2. The van der Waals surface area contributed by atoms with Crippen LogP contribution in [0.15, 0.2) is 36.4 Å². The summed E-state index contributed by atoms with van der Waals surface area (Å²) in [4.78, 5) is 23.3. The van der Waals surface area contributed by atoms with Crippen LogP contribution in [-0.2, 0) is 9.59 Å². The summed E-state index contributed by atoms with van der Waals surface area (Å²) >= 11 is 0. The topological polar surface area (TPSA) is 85.9 Å². The Bertz CT molecular complexity index is 810. The van der Waals surface area contributed by atoms with Gasteiger partial charge in [-0.25, -0.2) is 0 Å². The third kappa shape index (κ3) is 4.85. The van der Waals surface area contributed by atoms with Crippen LogP contribution >= 0.6 is 0 Å². The van der Waals surface area contributed by atoms with Crippen LogP contribution in [0.2, 0.25) is 0 Å². The molecule has 2 rings (SSSR count). The first-order valence-electron chi connectivity index (χ1n) is 7.65. The molecule has 7 nitrogen and oxygen atoms in total. The maximum Gasteiger partial charge on any atom is 0.262 e. The number of ether oxygens (including phenoxy) is 3. The molecule has 0 saturated heterocycles. The van der Waals surface area contributed by atoms with E-state index < -0.39 is 18.3 Å². The van der Waals surface area contributed by atoms with Gasteiger partial charge in [0.15, 0.2) is 18.1 Å². The fraction of sp³-hybridized carbons (Fsp3) is 0.222. The van der Waals surface area contributed by atoms with E-state index in [0.717, 1.165) is 0 Å². The Labute approximate surface area is 150 Å². The van der Waals surface area contributed by atoms with Gasteiger partial charge < -0.3 is 24.8 Å². The second kappa shape index (κ2) is 8.70. The van der Waals surface area contributed by atoms with E-state index >= 15 is 0 Å². The molecule has 0 radical (unpaired) electrons. The highest BCUT2D eigenvalue weighted by molar-refractivity contribution is 5.95. The molecule has 0 spiro atoms. The van der Waals surface area contributed by atoms with Crippen LogP contribution in [0.4, 0.5) is 15.8 Å². The lowest BCUT2D eigenvalue weighted by Crippen LogP contribution is -2.21. The molecule has 0 aliphatic heterocycles. The Hall–Kier alpha value is -3.29. The fourth-order valence-corrected chi connectivity index (χ4v) is 2.18. The summed E-state index contributed by atoms with van der Waals surface area (Å²) in [5.41, 5.74) is 0.840. The van der Waals surface area contributed by atoms with Gasteiger partial charge in [0.25, 0.3) is 5.91 Å². The number of anilines is 2. The number of benzene rings is 2. The summed E-state index contributed by atoms with van der Waals surface area (Å²) in [6.45, 7) is 0.955. The van der Waals surface area contributed by atoms with Crippen LogP contribution in [-0.4, -0.2) is 32.6 Å². The van der Waals surface area contributed by atoms with Crippen molar-refractivity contribution in [2.24, 2.45) is 0 Å². The van der Waals surface area contributed by atoms with Crippen molar-refractivity contribution in [1.82, 2.24) is 0 Å². The van der Waals surface area contributed by atoms with Gasteiger partial charge in [-0.3, -0.25) is 9.59 Å². The molecule has 2 aromatic carbocycles. The predicted octanol–water partition coefficient (Wildman–Crippen LogP) is 2.82. The van der Waals surface area contributed by atoms with E-state index in [1.165, 1.54) is 33.3 Å². The van der Waals surface area contributed by atoms with Crippen LogP contribution in [0.3, 0.4) is 0 Å². The first kappa shape index (κ1) is 19.0. The van der Waals surface area contributed by atoms with Crippen LogP contribution in [0.5, 0.6) is 17.2 Å². The molecule has 26 heavy (non-hydrogen) atoms. The second-order valence-electron chi connectivity index (χ2n) is 5.21. The van der Waals surface area contributed by atoms with Gasteiger partial charge in [0.05, 0.1) is 19.9 Å². The summed E-state index contributed by atoms with van der Waals surface area (Å²) in [5, 5.41) is 5.21. The molecular weight excluding hydrogens is 343 g/mol. The molecule has 2 amide bonds. The van der Waals surface area contributed by atoms with E-state index in [9.17, 15) is 14.0 Å². The predicted molar refractivity (Wildman–Crippen MR) is 94.4 cm³/mol. The highest BCUT2D eigenvalue weighted by atomic mass is 19.1. The van der Waals surface area contributed by atoms with E-state index in [-0.39, 0.29) is 17.4 Å². The monoisotopic (exact) mass is 362 g/mol. The van der Waals surface area contributed by atoms with Gasteiger partial charge in [0, 0.05) is 12.6 Å². The molecule has 0 fully saturated rings. The molecule has 2 aromatic rings. The van der Waals surface area contributed by atoms with Crippen molar-refractivity contribution in [3.8, 4) is 17.2 Å². The quantitative estimate of drug-likeness (QED) is 0.791. The second-order valence-corrected chi connectivity index (χ2v) is 5.21. The van der Waals surface area contributed by atoms with Gasteiger partial charge in [-0.1, -0.05) is 6.07 Å². The maximum atomic E-state index is 14.0. The standard InChI is InChI=1S/C18H19FN2O5/c1-11(22)20-12-7-8-14(24-2)13(9-12)21-17(23)10-26-16-6-4-5-15(25-3)18(16)19/h4-9H,10H2,1-3H3,(H,20,22)(H,21,23). The molecule has 0 aromatic heterocycles. The average Bonchev–Trinajstić information content (AvgIpc) is 2.60. The first-order chi connectivity index (χ1) is 12.4. The fourth-order valence-electron chi connectivity index (χ4n) is 2.18. The van der Waals surface area contributed by atoms with Crippen molar-refractivity contribution in [2.75, 3.05) is 31.5 Å². The Morgan fingerprint density at radius 1 is 1.00 bits per heavy atom. The zero-order valence-electron chi connectivity index (χ0n) is 14.6. The SMILES string of the molecule is COc1ccc(NC(C)=O)cc1NC(=O)COc1cccc(OC)c1F. The molecule has 0 saturated carbocycles. The molecule has 138 valence electrons. The van der Waals surface area contributed by atoms with Crippen molar-refractivity contribution >= 4 is 23.2 Å². The summed E-state index contributed by atoms with van der Waals surface area (Å²) in [5.74, 6) is -1.13. The van der Waals surface area contributed by atoms with E-state index in [4.69, 9.17) is 14.2 Å². The van der Waals surface area contributed by atoms with Crippen LogP contribution in [0.1, 0.15) is 6.92 Å². The first-order valence-corrected chi connectivity index (χ1v) is 7.65. The van der Waals surface area contributed by atoms with Crippen LogP contribution in [0, 0.1) is 5.82 Å². The number of rotatable bonds is 7. The molecule has 2 N–H and O–H groups in total. The largest absolute Gasteiger partial charge is 0.495 e. The number of carbonyl (C=O) groups excluding carboxylic acids is 2. The number of hydrogen-bond acceptors (Lipinski definition) is 5. The Morgan fingerprint density at radius 2 is 1.69 bits per heavy atom. The minimum Gasteiger partial charge on any atom is -0.495 e. The Balaban J connectivity index is 2.06. The maximum absolute atomic E-state index is 14.0. The van der Waals surface area contributed by atoms with E-state index in [0.29, 0.717) is 17.1 Å². The van der Waals surface area contributed by atoms with Crippen molar-refractivity contribution < 1.29 is 28.2 Å². The third-order valence-electron chi connectivity index (χ3n) is 3.30. The highest BCUT2D eigenvalue weighted by Gasteiger charge is 2.13. The van der Waals surface area contributed by atoms with Gasteiger partial charge in [0.1, 0.15) is 5.75 Å². The van der Waals surface area contributed by atoms with Gasteiger partial charge >= 0.3 is 0 Å². The van der Waals surface area contributed by atoms with Crippen molar-refractivity contribution in [3.05, 3.63) is 42.2 Å². The highest BCUT2D eigenvalue weighted by Crippen LogP contribution is 2.28. The summed E-state index contributed by atoms with van der Waals surface area (Å²) in [6.07, 6.45) is 0. The van der Waals surface area contributed by atoms with Crippen LogP contribution < -0.4 is 24.8 Å². The summed E-state index contributed by atoms with van der Waals surface area (Å²) in [6, 6.07) is 9.17. The molecule has 0 bridgehead atoms. The number of hydrogen-bond donors (Lipinski definition) is 2. The normalized spacial score (nSPS) is 10.0. The number of carbonyl (C=O) groups is 2. The molecule has 0 atom stereocenters. The lowest BCUT2D eigenvalue weighted by molar-refractivity contribution is -0.118. The minimum atomic E-state index is -0.687. The lowest BCUT2D eigenvalue weighted by Gasteiger charge is -2.13. The van der Waals surface area contributed by atoms with Crippen molar-refractivity contribution in [1.29, 1.82) is 0 Å². The van der Waals surface area contributed by atoms with Gasteiger partial charge in [-0.05, 0) is 30.3 Å². The minimum absolute atomic E-state index is 0.0209. The smallest absolute Gasteiger partial charge is 0.262 e. The molecule has 0 unspecified atom stereocenters. The van der Waals surface area contributed by atoms with Gasteiger partial charge in [-0.2, -0.15) is 4.39 Å². The third-order valence-corrected chi connectivity index (χ3v) is 3.30. The Kier molecular flexibility index (Phi) is 6.37. The number of methoxy groups -OCH3 is 2. The molecular formula is C18H19FN2O5. The lowest BCUT2D eigenvalue weighted by atomic mass is 10.2. The Morgan fingerprint density at radius 3 is 2.35 bits per heavy atom.